The van der Waals surface area contributed by atoms with E-state index in [1.165, 1.54) is 10.6 Å². The van der Waals surface area contributed by atoms with Crippen molar-refractivity contribution >= 4 is 15.9 Å². The normalized spacial score (nSPS) is 19.7. The lowest BCUT2D eigenvalue weighted by molar-refractivity contribution is 0.0540. The van der Waals surface area contributed by atoms with Crippen LogP contribution >= 0.6 is 0 Å². The Bertz CT molecular complexity index is 1020. The first-order valence-electron chi connectivity index (χ1n) is 9.92. The molecule has 1 aromatic carbocycles. The van der Waals surface area contributed by atoms with E-state index in [0.29, 0.717) is 43.9 Å². The van der Waals surface area contributed by atoms with Crippen LogP contribution in [0.15, 0.2) is 35.5 Å². The Morgan fingerprint density at radius 3 is 2.62 bits per heavy atom. The van der Waals surface area contributed by atoms with E-state index in [-0.39, 0.29) is 35.1 Å². The van der Waals surface area contributed by atoms with Gasteiger partial charge in [0.15, 0.2) is 5.69 Å². The number of likely N-dealkylation sites (tertiary alicyclic amines) is 1. The molecule has 1 aromatic heterocycles. The maximum absolute atomic E-state index is 13.3. The number of aromatic nitrogens is 2. The number of para-hydroxylation sites is 1. The standard InChI is InChI=1S/C20H26N4O4S/c1-14(2)11-23-12-17-19(20(26)22-9-7-15(25)8-10-22)21-13-24(17)16-5-3-4-6-18(16)29(23,27)28/h3-6,13-15,25H,7-12H2,1-2H3. The van der Waals surface area contributed by atoms with E-state index in [0.717, 1.165) is 0 Å². The topological polar surface area (TPSA) is 95.7 Å². The maximum Gasteiger partial charge on any atom is 0.274 e. The van der Waals surface area contributed by atoms with Crippen molar-refractivity contribution in [3.63, 3.8) is 0 Å². The minimum Gasteiger partial charge on any atom is -0.393 e. The first-order chi connectivity index (χ1) is 13.8. The number of fused-ring (bicyclic) bond motifs is 3. The van der Waals surface area contributed by atoms with Crippen LogP contribution in [-0.2, 0) is 16.6 Å². The summed E-state index contributed by atoms with van der Waals surface area (Å²) in [6.07, 6.45) is 2.24. The van der Waals surface area contributed by atoms with Gasteiger partial charge in [0.05, 0.1) is 24.0 Å². The molecule has 29 heavy (non-hydrogen) atoms. The van der Waals surface area contributed by atoms with Gasteiger partial charge in [-0.15, -0.1) is 0 Å². The number of hydrogen-bond donors (Lipinski definition) is 1. The van der Waals surface area contributed by atoms with Gasteiger partial charge < -0.3 is 10.0 Å². The number of nitrogens with zero attached hydrogens (tertiary/aromatic N) is 4. The van der Waals surface area contributed by atoms with Crippen LogP contribution < -0.4 is 0 Å². The van der Waals surface area contributed by atoms with Gasteiger partial charge in [-0.2, -0.15) is 4.31 Å². The summed E-state index contributed by atoms with van der Waals surface area (Å²) in [7, 11) is -3.70. The third-order valence-electron chi connectivity index (χ3n) is 5.46. The molecule has 8 nitrogen and oxygen atoms in total. The second-order valence-electron chi connectivity index (χ2n) is 8.09. The van der Waals surface area contributed by atoms with E-state index in [4.69, 9.17) is 0 Å². The zero-order valence-corrected chi connectivity index (χ0v) is 17.5. The van der Waals surface area contributed by atoms with Crippen LogP contribution in [0.25, 0.3) is 5.69 Å². The van der Waals surface area contributed by atoms with Crippen molar-refractivity contribution in [1.82, 2.24) is 18.8 Å². The summed E-state index contributed by atoms with van der Waals surface area (Å²) in [5.74, 6) is -0.0823. The third kappa shape index (κ3) is 3.58. The molecule has 2 aliphatic rings. The summed E-state index contributed by atoms with van der Waals surface area (Å²) >= 11 is 0. The first-order valence-corrected chi connectivity index (χ1v) is 11.4. The van der Waals surface area contributed by atoms with Crippen molar-refractivity contribution in [3.8, 4) is 5.69 Å². The molecule has 2 aliphatic heterocycles. The van der Waals surface area contributed by atoms with Crippen LogP contribution in [-0.4, -0.2) is 63.9 Å². The fraction of sp³-hybridized carbons (Fsp3) is 0.500. The van der Waals surface area contributed by atoms with Gasteiger partial charge in [0.25, 0.3) is 5.91 Å². The number of carbonyl (C=O) groups excluding carboxylic acids is 1. The summed E-state index contributed by atoms with van der Waals surface area (Å²) in [6.45, 7) is 5.31. The second kappa shape index (κ2) is 7.55. The number of rotatable bonds is 3. The molecule has 1 saturated heterocycles. The van der Waals surface area contributed by atoms with Gasteiger partial charge in [-0.1, -0.05) is 26.0 Å². The maximum atomic E-state index is 13.3. The monoisotopic (exact) mass is 418 g/mol. The molecule has 1 amide bonds. The highest BCUT2D eigenvalue weighted by molar-refractivity contribution is 7.89. The van der Waals surface area contributed by atoms with Crippen LogP contribution in [0, 0.1) is 5.92 Å². The number of aliphatic hydroxyl groups is 1. The van der Waals surface area contributed by atoms with E-state index in [1.54, 1.807) is 33.7 Å². The average Bonchev–Trinajstić information content (AvgIpc) is 3.07. The van der Waals surface area contributed by atoms with E-state index >= 15 is 0 Å². The molecular weight excluding hydrogens is 392 g/mol. The summed E-state index contributed by atoms with van der Waals surface area (Å²) in [5.41, 5.74) is 1.37. The van der Waals surface area contributed by atoms with E-state index in [1.807, 2.05) is 13.8 Å². The zero-order chi connectivity index (χ0) is 20.8. The number of sulfonamides is 1. The molecule has 0 atom stereocenters. The van der Waals surface area contributed by atoms with Gasteiger partial charge in [-0.3, -0.25) is 9.36 Å². The Balaban J connectivity index is 1.80. The Kier molecular flexibility index (Phi) is 5.22. The Morgan fingerprint density at radius 1 is 1.24 bits per heavy atom. The van der Waals surface area contributed by atoms with Gasteiger partial charge >= 0.3 is 0 Å². The van der Waals surface area contributed by atoms with Crippen molar-refractivity contribution < 1.29 is 18.3 Å². The molecule has 1 fully saturated rings. The van der Waals surface area contributed by atoms with Gasteiger partial charge in [0.1, 0.15) is 11.2 Å². The SMILES string of the molecule is CC(C)CN1Cc2c(C(=O)N3CCC(O)CC3)ncn2-c2ccccc2S1(=O)=O. The van der Waals surface area contributed by atoms with Crippen LogP contribution in [0.2, 0.25) is 0 Å². The van der Waals surface area contributed by atoms with Gasteiger partial charge in [0, 0.05) is 19.6 Å². The summed E-state index contributed by atoms with van der Waals surface area (Å²) < 4.78 is 29.8. The number of benzene rings is 1. The van der Waals surface area contributed by atoms with Crippen LogP contribution in [0.5, 0.6) is 0 Å². The predicted molar refractivity (Wildman–Crippen MR) is 107 cm³/mol. The molecule has 2 aromatic rings. The lowest BCUT2D eigenvalue weighted by atomic mass is 10.1. The van der Waals surface area contributed by atoms with Crippen molar-refractivity contribution in [2.45, 2.75) is 44.2 Å². The highest BCUT2D eigenvalue weighted by Gasteiger charge is 2.36. The Morgan fingerprint density at radius 2 is 1.93 bits per heavy atom. The molecule has 0 unspecified atom stereocenters. The Labute approximate surface area is 170 Å². The lowest BCUT2D eigenvalue weighted by Gasteiger charge is -2.29. The molecule has 156 valence electrons. The van der Waals surface area contributed by atoms with Crippen LogP contribution in [0.3, 0.4) is 0 Å². The average molecular weight is 419 g/mol. The van der Waals surface area contributed by atoms with Crippen LogP contribution in [0.4, 0.5) is 0 Å². The molecule has 0 saturated carbocycles. The zero-order valence-electron chi connectivity index (χ0n) is 16.7. The molecule has 0 bridgehead atoms. The number of carbonyl (C=O) groups is 1. The highest BCUT2D eigenvalue weighted by atomic mass is 32.2. The van der Waals surface area contributed by atoms with Crippen molar-refractivity contribution in [1.29, 1.82) is 0 Å². The molecule has 0 spiro atoms. The summed E-state index contributed by atoms with van der Waals surface area (Å²) in [6, 6.07) is 6.82. The van der Waals surface area contributed by atoms with E-state index < -0.39 is 10.0 Å². The molecular formula is C20H26N4O4S. The van der Waals surface area contributed by atoms with E-state index in [9.17, 15) is 18.3 Å². The molecule has 1 N–H and O–H groups in total. The van der Waals surface area contributed by atoms with Crippen molar-refractivity contribution in [3.05, 3.63) is 42.0 Å². The molecule has 9 heteroatoms. The fourth-order valence-electron chi connectivity index (χ4n) is 3.97. The number of hydrogen-bond acceptors (Lipinski definition) is 5. The highest BCUT2D eigenvalue weighted by Crippen LogP contribution is 2.32. The minimum atomic E-state index is -3.70. The van der Waals surface area contributed by atoms with Crippen LogP contribution in [0.1, 0.15) is 42.9 Å². The largest absolute Gasteiger partial charge is 0.393 e. The molecule has 4 rings (SSSR count). The fourth-order valence-corrected chi connectivity index (χ4v) is 5.71. The van der Waals surface area contributed by atoms with Gasteiger partial charge in [-0.05, 0) is 30.9 Å². The van der Waals surface area contributed by atoms with Gasteiger partial charge in [0.2, 0.25) is 10.0 Å². The van der Waals surface area contributed by atoms with Crippen molar-refractivity contribution in [2.24, 2.45) is 5.92 Å². The summed E-state index contributed by atoms with van der Waals surface area (Å²) in [4.78, 5) is 19.4. The molecule has 3 heterocycles. The smallest absolute Gasteiger partial charge is 0.274 e. The van der Waals surface area contributed by atoms with Gasteiger partial charge in [-0.25, -0.2) is 13.4 Å². The Hall–Kier alpha value is -2.23. The third-order valence-corrected chi connectivity index (χ3v) is 7.32. The summed E-state index contributed by atoms with van der Waals surface area (Å²) in [5, 5.41) is 9.72. The second-order valence-corrected chi connectivity index (χ2v) is 10.00. The number of aliphatic hydroxyl groups excluding tert-OH is 1. The van der Waals surface area contributed by atoms with E-state index in [2.05, 4.69) is 4.98 Å². The number of amides is 1. The quantitative estimate of drug-likeness (QED) is 0.817. The number of imidazole rings is 1. The molecule has 0 radical (unpaired) electrons. The lowest BCUT2D eigenvalue weighted by Crippen LogP contribution is -2.41. The first kappa shape index (κ1) is 20.1. The predicted octanol–water partition coefficient (Wildman–Crippen LogP) is 1.63. The molecule has 0 aliphatic carbocycles. The minimum absolute atomic E-state index is 0.0900. The number of piperidine rings is 1. The van der Waals surface area contributed by atoms with Crippen molar-refractivity contribution in [2.75, 3.05) is 19.6 Å².